The summed E-state index contributed by atoms with van der Waals surface area (Å²) >= 11 is 3.49. The van der Waals surface area contributed by atoms with Gasteiger partial charge in [0, 0.05) is 10.9 Å². The molecule has 0 bridgehead atoms. The van der Waals surface area contributed by atoms with Gasteiger partial charge in [0.15, 0.2) is 0 Å². The zero-order chi connectivity index (χ0) is 6.69. The van der Waals surface area contributed by atoms with Crippen molar-refractivity contribution in [3.63, 3.8) is 0 Å². The molecular weight excluding hydrogens is 185 g/mol. The average Bonchev–Trinajstić information content (AvgIpc) is 1.90. The van der Waals surface area contributed by atoms with Gasteiger partial charge in [-0.3, -0.25) is 0 Å². The monoisotopic (exact) mass is 195 g/mol. The van der Waals surface area contributed by atoms with Gasteiger partial charge in [-0.15, -0.1) is 4.48 Å². The maximum Gasteiger partial charge on any atom is 0.0372 e. The Hall–Kier alpha value is 0.370. The Bertz CT molecular complexity index is 81.1. The lowest BCUT2D eigenvalue weighted by Crippen LogP contribution is -2.27. The topological polar surface area (TPSA) is 12.0 Å². The van der Waals surface area contributed by atoms with E-state index in [9.17, 15) is 4.48 Å². The first-order valence-corrected chi connectivity index (χ1v) is 4.24. The van der Waals surface area contributed by atoms with Crippen LogP contribution in [0.5, 0.6) is 0 Å². The zero-order valence-electron chi connectivity index (χ0n) is 5.24. The van der Waals surface area contributed by atoms with E-state index in [0.29, 0.717) is 4.83 Å². The molecule has 1 rings (SSSR count). The summed E-state index contributed by atoms with van der Waals surface area (Å²) in [5.41, 5.74) is 1.80. The summed E-state index contributed by atoms with van der Waals surface area (Å²) in [4.78, 5) is 0.627. The van der Waals surface area contributed by atoms with Crippen LogP contribution in [0, 0.1) is 0 Å². The van der Waals surface area contributed by atoms with Crippen LogP contribution in [0.25, 0.3) is 0 Å². The van der Waals surface area contributed by atoms with Crippen molar-refractivity contribution < 1.29 is 4.48 Å². The first-order valence-electron chi connectivity index (χ1n) is 3.33. The highest BCUT2D eigenvalue weighted by atomic mass is 79.9. The Morgan fingerprint density at radius 2 is 1.78 bits per heavy atom. The first-order chi connectivity index (χ1) is 4.33. The van der Waals surface area contributed by atoms with Crippen molar-refractivity contribution in [1.82, 2.24) is 5.54 Å². The first kappa shape index (κ1) is 7.48. The normalized spacial score (nSPS) is 36.7. The largest absolute Gasteiger partial charge is 0.156 e. The molecule has 0 aromatic heterocycles. The lowest BCUT2D eigenvalue weighted by molar-refractivity contribution is 0.229. The van der Waals surface area contributed by atoms with E-state index in [1.807, 2.05) is 0 Å². The molecule has 0 amide bonds. The fraction of sp³-hybridized carbons (Fsp3) is 1.00. The molecule has 0 radical (unpaired) electrons. The van der Waals surface area contributed by atoms with Crippen LogP contribution >= 0.6 is 15.9 Å². The molecule has 3 heteroatoms. The molecule has 0 saturated heterocycles. The molecule has 0 atom stereocenters. The van der Waals surface area contributed by atoms with Crippen LogP contribution in [0.3, 0.4) is 0 Å². The quantitative estimate of drug-likeness (QED) is 0.500. The Morgan fingerprint density at radius 1 is 1.22 bits per heavy atom. The third kappa shape index (κ3) is 2.22. The standard InChI is InChI=1S/C6H11BrFN/c7-5-1-3-6(9-8)4-2-5/h5-6,9H,1-4H2. The SMILES string of the molecule is FNC1CCC(Br)CC1. The lowest BCUT2D eigenvalue weighted by atomic mass is 9.96. The second kappa shape index (κ2) is 3.52. The molecule has 9 heavy (non-hydrogen) atoms. The molecule has 54 valence electrons. The molecule has 0 unspecified atom stereocenters. The predicted molar refractivity (Wildman–Crippen MR) is 39.2 cm³/mol. The van der Waals surface area contributed by atoms with Crippen LogP contribution in [-0.2, 0) is 0 Å². The summed E-state index contributed by atoms with van der Waals surface area (Å²) in [5, 5.41) is 0. The molecule has 0 aromatic rings. The Labute approximate surface area is 63.1 Å². The number of halogens is 2. The van der Waals surface area contributed by atoms with E-state index in [0.717, 1.165) is 25.7 Å². The highest BCUT2D eigenvalue weighted by Crippen LogP contribution is 2.23. The molecule has 1 aliphatic carbocycles. The summed E-state index contributed by atoms with van der Waals surface area (Å²) in [7, 11) is 0. The van der Waals surface area contributed by atoms with Crippen LogP contribution in [0.1, 0.15) is 25.7 Å². The average molecular weight is 196 g/mol. The number of hydrogen-bond acceptors (Lipinski definition) is 1. The van der Waals surface area contributed by atoms with E-state index in [1.165, 1.54) is 0 Å². The molecule has 1 nitrogen and oxygen atoms in total. The minimum Gasteiger partial charge on any atom is -0.156 e. The van der Waals surface area contributed by atoms with Crippen LogP contribution in [0.2, 0.25) is 0 Å². The molecule has 1 fully saturated rings. The van der Waals surface area contributed by atoms with E-state index >= 15 is 0 Å². The van der Waals surface area contributed by atoms with Crippen molar-refractivity contribution in [2.45, 2.75) is 36.6 Å². The van der Waals surface area contributed by atoms with Crippen LogP contribution in [0.4, 0.5) is 4.48 Å². The second-order valence-corrected chi connectivity index (χ2v) is 3.85. The molecular formula is C6H11BrFN. The summed E-state index contributed by atoms with van der Waals surface area (Å²) < 4.78 is 11.7. The van der Waals surface area contributed by atoms with Crippen LogP contribution in [-0.4, -0.2) is 10.9 Å². The summed E-state index contributed by atoms with van der Waals surface area (Å²) in [6.45, 7) is 0. The van der Waals surface area contributed by atoms with E-state index in [1.54, 1.807) is 5.54 Å². The second-order valence-electron chi connectivity index (χ2n) is 2.56. The molecule has 0 spiro atoms. The number of rotatable bonds is 1. The van der Waals surface area contributed by atoms with Gasteiger partial charge in [-0.05, 0) is 25.7 Å². The van der Waals surface area contributed by atoms with Crippen LogP contribution in [0.15, 0.2) is 0 Å². The summed E-state index contributed by atoms with van der Waals surface area (Å²) in [5.74, 6) is 0. The Balaban J connectivity index is 2.18. The molecule has 1 N–H and O–H groups in total. The van der Waals surface area contributed by atoms with Gasteiger partial charge in [0.2, 0.25) is 0 Å². The van der Waals surface area contributed by atoms with Crippen molar-refractivity contribution in [1.29, 1.82) is 0 Å². The van der Waals surface area contributed by atoms with Gasteiger partial charge in [0.1, 0.15) is 0 Å². The number of hydrogen-bond donors (Lipinski definition) is 1. The van der Waals surface area contributed by atoms with Gasteiger partial charge in [-0.2, -0.15) is 5.54 Å². The van der Waals surface area contributed by atoms with Gasteiger partial charge >= 0.3 is 0 Å². The molecule has 0 aromatic carbocycles. The third-order valence-electron chi connectivity index (χ3n) is 1.81. The minimum absolute atomic E-state index is 0.124. The van der Waals surface area contributed by atoms with Gasteiger partial charge in [0.05, 0.1) is 0 Å². The van der Waals surface area contributed by atoms with Crippen molar-refractivity contribution >= 4 is 15.9 Å². The summed E-state index contributed by atoms with van der Waals surface area (Å²) in [6, 6.07) is 0.124. The van der Waals surface area contributed by atoms with Gasteiger partial charge in [-0.25, -0.2) is 0 Å². The third-order valence-corrected chi connectivity index (χ3v) is 2.73. The number of nitrogens with one attached hydrogen (secondary N) is 1. The van der Waals surface area contributed by atoms with Crippen molar-refractivity contribution in [3.05, 3.63) is 0 Å². The van der Waals surface area contributed by atoms with Gasteiger partial charge in [-0.1, -0.05) is 15.9 Å². The van der Waals surface area contributed by atoms with Crippen LogP contribution < -0.4 is 5.54 Å². The Kier molecular flexibility index (Phi) is 2.92. The maximum absolute atomic E-state index is 11.7. The Morgan fingerprint density at radius 3 is 2.22 bits per heavy atom. The van der Waals surface area contributed by atoms with Gasteiger partial charge < -0.3 is 0 Å². The van der Waals surface area contributed by atoms with E-state index in [2.05, 4.69) is 15.9 Å². The van der Waals surface area contributed by atoms with Crippen molar-refractivity contribution in [3.8, 4) is 0 Å². The smallest absolute Gasteiger partial charge is 0.0372 e. The highest BCUT2D eigenvalue weighted by molar-refractivity contribution is 9.09. The maximum atomic E-state index is 11.7. The zero-order valence-corrected chi connectivity index (χ0v) is 6.83. The molecule has 0 aliphatic heterocycles. The fourth-order valence-corrected chi connectivity index (χ4v) is 1.69. The van der Waals surface area contributed by atoms with E-state index in [-0.39, 0.29) is 6.04 Å². The highest BCUT2D eigenvalue weighted by Gasteiger charge is 2.18. The molecule has 1 aliphatic rings. The van der Waals surface area contributed by atoms with Crippen molar-refractivity contribution in [2.75, 3.05) is 0 Å². The number of alkyl halides is 1. The fourth-order valence-electron chi connectivity index (χ4n) is 1.16. The summed E-state index contributed by atoms with van der Waals surface area (Å²) in [6.07, 6.45) is 4.13. The minimum atomic E-state index is 0.124. The molecule has 0 heterocycles. The predicted octanol–water partition coefficient (Wildman–Crippen LogP) is 2.17. The molecule has 1 saturated carbocycles. The van der Waals surface area contributed by atoms with Crippen molar-refractivity contribution in [2.24, 2.45) is 0 Å². The van der Waals surface area contributed by atoms with E-state index in [4.69, 9.17) is 0 Å². The van der Waals surface area contributed by atoms with E-state index < -0.39 is 0 Å². The lowest BCUT2D eigenvalue weighted by Gasteiger charge is -2.22. The van der Waals surface area contributed by atoms with Gasteiger partial charge in [0.25, 0.3) is 0 Å².